The summed E-state index contributed by atoms with van der Waals surface area (Å²) < 4.78 is 7.37. The van der Waals surface area contributed by atoms with Gasteiger partial charge in [0.05, 0.1) is 11.6 Å². The Balaban J connectivity index is 0.00000208. The summed E-state index contributed by atoms with van der Waals surface area (Å²) in [5.41, 5.74) is 10.9. The second kappa shape index (κ2) is 7.15. The Labute approximate surface area is 147 Å². The first-order valence-electron chi connectivity index (χ1n) is 7.64. The maximum Gasteiger partial charge on any atom is 0.234 e. The molecule has 2 heterocycles. The van der Waals surface area contributed by atoms with Crippen molar-refractivity contribution in [3.8, 4) is 11.4 Å². The van der Waals surface area contributed by atoms with E-state index in [1.165, 1.54) is 0 Å². The van der Waals surface area contributed by atoms with Crippen LogP contribution in [-0.4, -0.2) is 19.9 Å². The van der Waals surface area contributed by atoms with Crippen molar-refractivity contribution in [1.82, 2.24) is 19.9 Å². The van der Waals surface area contributed by atoms with Gasteiger partial charge in [-0.2, -0.15) is 10.1 Å². The molecule has 0 aliphatic heterocycles. The maximum atomic E-state index is 5.62. The Kier molecular flexibility index (Phi) is 5.41. The minimum atomic E-state index is 0. The summed E-state index contributed by atoms with van der Waals surface area (Å²) in [6, 6.07) is 7.87. The lowest BCUT2D eigenvalue weighted by Gasteiger charge is -2.07. The van der Waals surface area contributed by atoms with Crippen LogP contribution < -0.4 is 5.73 Å². The summed E-state index contributed by atoms with van der Waals surface area (Å²) in [5.74, 6) is 1.20. The summed E-state index contributed by atoms with van der Waals surface area (Å²) in [4.78, 5) is 4.56. The third kappa shape index (κ3) is 3.20. The molecule has 0 aliphatic rings. The minimum Gasteiger partial charge on any atom is -0.338 e. The standard InChI is InChI=1S/C17H21N5O.ClH/c1-10(15-11(2)20-22(4)12(15)3)17-19-16(21-23-17)14-7-5-13(9-18)6-8-14;/h5-8,10H,9,18H2,1-4H3;1H. The number of nitrogens with two attached hydrogens (primary N) is 1. The molecule has 128 valence electrons. The van der Waals surface area contributed by atoms with Crippen LogP contribution in [0.15, 0.2) is 28.8 Å². The lowest BCUT2D eigenvalue weighted by atomic mass is 9.99. The maximum absolute atomic E-state index is 5.62. The van der Waals surface area contributed by atoms with Gasteiger partial charge in [0.2, 0.25) is 11.7 Å². The SMILES string of the molecule is Cc1nn(C)c(C)c1C(C)c1nc(-c2ccc(CN)cc2)no1.Cl. The highest BCUT2D eigenvalue weighted by molar-refractivity contribution is 5.85. The number of aromatic nitrogens is 4. The van der Waals surface area contributed by atoms with E-state index in [9.17, 15) is 0 Å². The second-order valence-corrected chi connectivity index (χ2v) is 5.79. The number of aryl methyl sites for hydroxylation is 2. The second-order valence-electron chi connectivity index (χ2n) is 5.79. The van der Waals surface area contributed by atoms with E-state index < -0.39 is 0 Å². The van der Waals surface area contributed by atoms with E-state index in [2.05, 4.69) is 29.1 Å². The number of hydrogen-bond acceptors (Lipinski definition) is 5. The molecule has 1 aromatic carbocycles. The molecule has 24 heavy (non-hydrogen) atoms. The molecular weight excluding hydrogens is 326 g/mol. The van der Waals surface area contributed by atoms with Crippen LogP contribution in [0.5, 0.6) is 0 Å². The molecule has 2 aromatic heterocycles. The van der Waals surface area contributed by atoms with E-state index in [-0.39, 0.29) is 18.3 Å². The molecule has 0 spiro atoms. The summed E-state index contributed by atoms with van der Waals surface area (Å²) in [7, 11) is 1.94. The van der Waals surface area contributed by atoms with Crippen molar-refractivity contribution in [2.75, 3.05) is 0 Å². The zero-order valence-electron chi connectivity index (χ0n) is 14.3. The number of rotatable bonds is 4. The van der Waals surface area contributed by atoms with Gasteiger partial charge >= 0.3 is 0 Å². The Morgan fingerprint density at radius 1 is 1.21 bits per heavy atom. The van der Waals surface area contributed by atoms with Gasteiger partial charge in [0.25, 0.3) is 0 Å². The van der Waals surface area contributed by atoms with Gasteiger partial charge < -0.3 is 10.3 Å². The average Bonchev–Trinajstić information content (AvgIpc) is 3.13. The van der Waals surface area contributed by atoms with Gasteiger partial charge in [-0.1, -0.05) is 29.4 Å². The summed E-state index contributed by atoms with van der Waals surface area (Å²) >= 11 is 0. The van der Waals surface area contributed by atoms with Gasteiger partial charge in [-0.3, -0.25) is 4.68 Å². The highest BCUT2D eigenvalue weighted by Gasteiger charge is 2.23. The number of nitrogens with zero attached hydrogens (tertiary/aromatic N) is 4. The van der Waals surface area contributed by atoms with Crippen LogP contribution in [-0.2, 0) is 13.6 Å². The van der Waals surface area contributed by atoms with Crippen molar-refractivity contribution in [1.29, 1.82) is 0 Å². The van der Waals surface area contributed by atoms with Crippen LogP contribution in [0.1, 0.15) is 41.2 Å². The highest BCUT2D eigenvalue weighted by Crippen LogP contribution is 2.29. The zero-order chi connectivity index (χ0) is 16.6. The smallest absolute Gasteiger partial charge is 0.234 e. The first-order chi connectivity index (χ1) is 11.0. The van der Waals surface area contributed by atoms with Crippen LogP contribution in [0, 0.1) is 13.8 Å². The lowest BCUT2D eigenvalue weighted by Crippen LogP contribution is -2.01. The van der Waals surface area contributed by atoms with Crippen LogP contribution in [0.4, 0.5) is 0 Å². The van der Waals surface area contributed by atoms with E-state index in [0.29, 0.717) is 18.3 Å². The van der Waals surface area contributed by atoms with Crippen LogP contribution in [0.2, 0.25) is 0 Å². The first-order valence-corrected chi connectivity index (χ1v) is 7.64. The van der Waals surface area contributed by atoms with Crippen molar-refractivity contribution in [3.05, 3.63) is 52.7 Å². The monoisotopic (exact) mass is 347 g/mol. The molecule has 1 unspecified atom stereocenters. The van der Waals surface area contributed by atoms with Gasteiger partial charge in [0.1, 0.15) is 0 Å². The van der Waals surface area contributed by atoms with Crippen molar-refractivity contribution in [2.24, 2.45) is 12.8 Å². The Morgan fingerprint density at radius 3 is 2.42 bits per heavy atom. The molecular formula is C17H22ClN5O. The van der Waals surface area contributed by atoms with Crippen LogP contribution >= 0.6 is 12.4 Å². The molecule has 0 saturated heterocycles. The van der Waals surface area contributed by atoms with E-state index >= 15 is 0 Å². The molecule has 0 amide bonds. The van der Waals surface area contributed by atoms with Crippen molar-refractivity contribution in [2.45, 2.75) is 33.2 Å². The third-order valence-electron chi connectivity index (χ3n) is 4.26. The normalized spacial score (nSPS) is 12.0. The Bertz CT molecular complexity index is 822. The molecule has 6 nitrogen and oxygen atoms in total. The molecule has 3 aromatic rings. The van der Waals surface area contributed by atoms with E-state index in [0.717, 1.165) is 28.1 Å². The van der Waals surface area contributed by atoms with E-state index in [1.54, 1.807) is 0 Å². The first kappa shape index (κ1) is 18.2. The quantitative estimate of drug-likeness (QED) is 0.784. The van der Waals surface area contributed by atoms with Crippen molar-refractivity contribution >= 4 is 12.4 Å². The highest BCUT2D eigenvalue weighted by atomic mass is 35.5. The fraction of sp³-hybridized carbons (Fsp3) is 0.353. The predicted molar refractivity (Wildman–Crippen MR) is 95.1 cm³/mol. The molecule has 0 fully saturated rings. The fourth-order valence-corrected chi connectivity index (χ4v) is 2.86. The predicted octanol–water partition coefficient (Wildman–Crippen LogP) is 3.12. The van der Waals surface area contributed by atoms with Crippen molar-refractivity contribution < 1.29 is 4.52 Å². The van der Waals surface area contributed by atoms with Gasteiger partial charge in [0.15, 0.2) is 0 Å². The van der Waals surface area contributed by atoms with Gasteiger partial charge in [-0.15, -0.1) is 12.4 Å². The van der Waals surface area contributed by atoms with Gasteiger partial charge in [0, 0.05) is 30.4 Å². The topological polar surface area (TPSA) is 82.8 Å². The lowest BCUT2D eigenvalue weighted by molar-refractivity contribution is 0.370. The third-order valence-corrected chi connectivity index (χ3v) is 4.26. The minimum absolute atomic E-state index is 0. The zero-order valence-corrected chi connectivity index (χ0v) is 15.1. The van der Waals surface area contributed by atoms with Crippen LogP contribution in [0.25, 0.3) is 11.4 Å². The molecule has 0 bridgehead atoms. The van der Waals surface area contributed by atoms with Crippen molar-refractivity contribution in [3.63, 3.8) is 0 Å². The molecule has 2 N–H and O–H groups in total. The molecule has 7 heteroatoms. The summed E-state index contributed by atoms with van der Waals surface area (Å²) in [5, 5.41) is 8.57. The number of benzene rings is 1. The molecule has 0 saturated carbocycles. The average molecular weight is 348 g/mol. The van der Waals surface area contributed by atoms with Gasteiger partial charge in [-0.25, -0.2) is 0 Å². The Hall–Kier alpha value is -2.18. The van der Waals surface area contributed by atoms with Gasteiger partial charge in [-0.05, 0) is 26.3 Å². The summed E-state index contributed by atoms with van der Waals surface area (Å²) in [6.07, 6.45) is 0. The Morgan fingerprint density at radius 2 is 1.88 bits per heavy atom. The number of halogens is 1. The fourth-order valence-electron chi connectivity index (χ4n) is 2.86. The molecule has 3 rings (SSSR count). The summed E-state index contributed by atoms with van der Waals surface area (Å²) in [6.45, 7) is 6.64. The van der Waals surface area contributed by atoms with E-state index in [1.807, 2.05) is 42.9 Å². The van der Waals surface area contributed by atoms with Crippen LogP contribution in [0.3, 0.4) is 0 Å². The van der Waals surface area contributed by atoms with E-state index in [4.69, 9.17) is 10.3 Å². The molecule has 0 radical (unpaired) electrons. The molecule has 0 aliphatic carbocycles. The number of hydrogen-bond donors (Lipinski definition) is 1. The molecule has 1 atom stereocenters. The largest absolute Gasteiger partial charge is 0.338 e.